The molecular weight excluding hydrogens is 452 g/mol. The number of nitrogens with two attached hydrogens (primary N) is 4. The van der Waals surface area contributed by atoms with Gasteiger partial charge >= 0.3 is 0 Å². The third-order valence-electron chi connectivity index (χ3n) is 7.56. The second kappa shape index (κ2) is 14.0. The first-order valence-corrected chi connectivity index (χ1v) is 14.2. The second-order valence-corrected chi connectivity index (χ2v) is 9.81. The molecule has 37 heavy (non-hydrogen) atoms. The lowest BCUT2D eigenvalue weighted by molar-refractivity contribution is 1.04. The molecule has 0 aliphatic heterocycles. The van der Waals surface area contributed by atoms with Crippen molar-refractivity contribution in [2.75, 3.05) is 22.9 Å². The van der Waals surface area contributed by atoms with Gasteiger partial charge in [-0.15, -0.1) is 0 Å². The van der Waals surface area contributed by atoms with E-state index in [0.717, 1.165) is 79.7 Å². The Bertz CT molecular complexity index is 1060. The maximum atomic E-state index is 6.26. The Hall–Kier alpha value is -3.14. The first-order valence-electron chi connectivity index (χ1n) is 14.2. The van der Waals surface area contributed by atoms with E-state index in [2.05, 4.69) is 78.8 Å². The molecule has 202 valence electrons. The van der Waals surface area contributed by atoms with Gasteiger partial charge in [-0.2, -0.15) is 0 Å². The number of hydrogen-bond donors (Lipinski definition) is 4. The normalized spacial score (nSPS) is 10.8. The van der Waals surface area contributed by atoms with Gasteiger partial charge in [0.25, 0.3) is 0 Å². The summed E-state index contributed by atoms with van der Waals surface area (Å²) in [4.78, 5) is 0. The fourth-order valence-electron chi connectivity index (χ4n) is 5.18. The molecule has 0 saturated carbocycles. The molecule has 4 heteroatoms. The fourth-order valence-corrected chi connectivity index (χ4v) is 5.18. The number of nitrogen functional groups attached to an aromatic ring is 4. The van der Waals surface area contributed by atoms with Gasteiger partial charge in [0.15, 0.2) is 0 Å². The Morgan fingerprint density at radius 3 is 0.892 bits per heavy atom. The number of benzene rings is 3. The third kappa shape index (κ3) is 7.00. The molecule has 4 nitrogen and oxygen atoms in total. The molecule has 0 spiro atoms. The van der Waals surface area contributed by atoms with Crippen LogP contribution < -0.4 is 22.9 Å². The Balaban J connectivity index is 0.000000294. The largest absolute Gasteiger partial charge is 0.398 e. The van der Waals surface area contributed by atoms with Crippen LogP contribution in [-0.2, 0) is 51.4 Å². The Kier molecular flexibility index (Phi) is 11.4. The lowest BCUT2D eigenvalue weighted by Crippen LogP contribution is -2.06. The van der Waals surface area contributed by atoms with Crippen LogP contribution in [0.25, 0.3) is 0 Å². The maximum absolute atomic E-state index is 6.26. The van der Waals surface area contributed by atoms with Gasteiger partial charge < -0.3 is 22.9 Å². The van der Waals surface area contributed by atoms with Gasteiger partial charge in [-0.05, 0) is 101 Å². The van der Waals surface area contributed by atoms with E-state index in [-0.39, 0.29) is 0 Å². The van der Waals surface area contributed by atoms with E-state index in [9.17, 15) is 0 Å². The molecule has 0 radical (unpaired) electrons. The van der Waals surface area contributed by atoms with Gasteiger partial charge in [0.1, 0.15) is 0 Å². The smallest absolute Gasteiger partial charge is 0.0399 e. The van der Waals surface area contributed by atoms with Crippen molar-refractivity contribution in [3.63, 3.8) is 0 Å². The molecule has 0 heterocycles. The van der Waals surface area contributed by atoms with Crippen LogP contribution in [0, 0.1) is 0 Å². The van der Waals surface area contributed by atoms with Crippen LogP contribution in [0.1, 0.15) is 98.5 Å². The SMILES string of the molecule is CCc1cc(CC)c(N)c(CC)c1N.CCc1cc(Cc2cc(CC)c(N)c(CC)c2)cc(CC)c1N. The predicted octanol–water partition coefficient (Wildman–Crippen LogP) is 7.23. The molecular formula is C33H50N4. The summed E-state index contributed by atoms with van der Waals surface area (Å²) in [6, 6.07) is 11.2. The molecule has 8 N–H and O–H groups in total. The van der Waals surface area contributed by atoms with Crippen molar-refractivity contribution in [2.24, 2.45) is 0 Å². The summed E-state index contributed by atoms with van der Waals surface area (Å²) in [5.74, 6) is 0. The summed E-state index contributed by atoms with van der Waals surface area (Å²) in [5.41, 5.74) is 39.7. The minimum Gasteiger partial charge on any atom is -0.398 e. The summed E-state index contributed by atoms with van der Waals surface area (Å²) in [6.45, 7) is 15.0. The van der Waals surface area contributed by atoms with Gasteiger partial charge in [0.2, 0.25) is 0 Å². The minimum atomic E-state index is 0.893. The molecule has 0 bridgehead atoms. The average molecular weight is 503 g/mol. The molecule has 0 aromatic heterocycles. The molecule has 3 aromatic rings. The van der Waals surface area contributed by atoms with Crippen LogP contribution in [0.15, 0.2) is 30.3 Å². The number of aryl methyl sites for hydroxylation is 6. The van der Waals surface area contributed by atoms with Crippen molar-refractivity contribution < 1.29 is 0 Å². The first kappa shape index (κ1) is 30.1. The topological polar surface area (TPSA) is 104 Å². The number of hydrogen-bond acceptors (Lipinski definition) is 4. The molecule has 3 rings (SSSR count). The highest BCUT2D eigenvalue weighted by atomic mass is 14.6. The van der Waals surface area contributed by atoms with Crippen molar-refractivity contribution in [1.82, 2.24) is 0 Å². The highest BCUT2D eigenvalue weighted by Crippen LogP contribution is 2.29. The fraction of sp³-hybridized carbons (Fsp3) is 0.455. The second-order valence-electron chi connectivity index (χ2n) is 9.81. The third-order valence-corrected chi connectivity index (χ3v) is 7.56. The van der Waals surface area contributed by atoms with Crippen LogP contribution in [-0.4, -0.2) is 0 Å². The van der Waals surface area contributed by atoms with E-state index in [4.69, 9.17) is 22.9 Å². The molecule has 0 aliphatic rings. The zero-order chi connectivity index (χ0) is 27.7. The summed E-state index contributed by atoms with van der Waals surface area (Å²) in [6.07, 6.45) is 7.74. The lowest BCUT2D eigenvalue weighted by atomic mass is 9.93. The average Bonchev–Trinajstić information content (AvgIpc) is 2.91. The minimum absolute atomic E-state index is 0.893. The monoisotopic (exact) mass is 502 g/mol. The molecule has 0 saturated heterocycles. The zero-order valence-electron chi connectivity index (χ0n) is 24.4. The standard InChI is InChI=1S/C21H30N2.C12H20N2/c1-5-16-10-14(11-17(6-2)20(16)22)9-15-12-18(7-3)21(23)19(8-4)13-15;1-4-8-7-9(5-2)12(14)10(6-3)11(8)13/h10-13H,5-9,22-23H2,1-4H3;7H,4-6,13-14H2,1-3H3. The van der Waals surface area contributed by atoms with Crippen LogP contribution in [0.2, 0.25) is 0 Å². The molecule has 0 atom stereocenters. The highest BCUT2D eigenvalue weighted by Gasteiger charge is 2.11. The van der Waals surface area contributed by atoms with Gasteiger partial charge in [-0.25, -0.2) is 0 Å². The van der Waals surface area contributed by atoms with Crippen molar-refractivity contribution >= 4 is 22.7 Å². The first-order chi connectivity index (χ1) is 17.7. The predicted molar refractivity (Wildman–Crippen MR) is 165 cm³/mol. The van der Waals surface area contributed by atoms with Crippen LogP contribution in [0.5, 0.6) is 0 Å². The number of rotatable bonds is 9. The Labute approximate surface area is 225 Å². The lowest BCUT2D eigenvalue weighted by Gasteiger charge is -2.15. The molecule has 0 amide bonds. The van der Waals surface area contributed by atoms with Gasteiger partial charge in [-0.3, -0.25) is 0 Å². The van der Waals surface area contributed by atoms with Crippen molar-refractivity contribution in [3.8, 4) is 0 Å². The van der Waals surface area contributed by atoms with E-state index in [1.807, 2.05) is 0 Å². The highest BCUT2D eigenvalue weighted by molar-refractivity contribution is 5.69. The van der Waals surface area contributed by atoms with E-state index in [1.165, 1.54) is 44.5 Å². The van der Waals surface area contributed by atoms with Gasteiger partial charge in [-0.1, -0.05) is 78.8 Å². The summed E-state index contributed by atoms with van der Waals surface area (Å²) >= 11 is 0. The Morgan fingerprint density at radius 1 is 0.378 bits per heavy atom. The van der Waals surface area contributed by atoms with Crippen LogP contribution in [0.3, 0.4) is 0 Å². The van der Waals surface area contributed by atoms with Crippen molar-refractivity contribution in [2.45, 2.75) is 99.8 Å². The summed E-state index contributed by atoms with van der Waals surface area (Å²) in [5, 5.41) is 0. The summed E-state index contributed by atoms with van der Waals surface area (Å²) in [7, 11) is 0. The van der Waals surface area contributed by atoms with E-state index < -0.39 is 0 Å². The van der Waals surface area contributed by atoms with Crippen molar-refractivity contribution in [3.05, 3.63) is 80.4 Å². The molecule has 0 aliphatic carbocycles. The van der Waals surface area contributed by atoms with Gasteiger partial charge in [0.05, 0.1) is 0 Å². The maximum Gasteiger partial charge on any atom is 0.0399 e. The van der Waals surface area contributed by atoms with Crippen LogP contribution in [0.4, 0.5) is 22.7 Å². The quantitative estimate of drug-likeness (QED) is 0.232. The number of anilines is 4. The molecule has 0 unspecified atom stereocenters. The van der Waals surface area contributed by atoms with Crippen LogP contribution >= 0.6 is 0 Å². The Morgan fingerprint density at radius 2 is 0.649 bits per heavy atom. The zero-order valence-corrected chi connectivity index (χ0v) is 24.4. The van der Waals surface area contributed by atoms with E-state index in [0.29, 0.717) is 0 Å². The molecule has 0 fully saturated rings. The van der Waals surface area contributed by atoms with E-state index in [1.54, 1.807) is 0 Å². The summed E-state index contributed by atoms with van der Waals surface area (Å²) < 4.78 is 0. The van der Waals surface area contributed by atoms with E-state index >= 15 is 0 Å². The molecule has 3 aromatic carbocycles. The van der Waals surface area contributed by atoms with Gasteiger partial charge in [0, 0.05) is 22.7 Å². The van der Waals surface area contributed by atoms with Crippen molar-refractivity contribution in [1.29, 1.82) is 0 Å².